The summed E-state index contributed by atoms with van der Waals surface area (Å²) in [6, 6.07) is 6.49. The van der Waals surface area contributed by atoms with Crippen molar-refractivity contribution in [3.8, 4) is 0 Å². The number of carboxylic acids is 1. The highest BCUT2D eigenvalue weighted by Gasteiger charge is 2.27. The topological polar surface area (TPSA) is 148 Å². The molecular weight excluding hydrogens is 366 g/mol. The number of carbonyl (C=O) groups is 4. The van der Waals surface area contributed by atoms with Gasteiger partial charge in [0.1, 0.15) is 12.6 Å². The molecule has 0 aromatic heterocycles. The quantitative estimate of drug-likeness (QED) is 0.414. The molecule has 3 amide bonds. The summed E-state index contributed by atoms with van der Waals surface area (Å²) < 4.78 is 4.98. The molecule has 0 aliphatic rings. The minimum atomic E-state index is -1.47. The van der Waals surface area contributed by atoms with E-state index in [1.165, 1.54) is 0 Å². The number of benzene rings is 1. The van der Waals surface area contributed by atoms with Crippen LogP contribution in [0.3, 0.4) is 0 Å². The van der Waals surface area contributed by atoms with Crippen molar-refractivity contribution in [1.29, 1.82) is 0 Å². The summed E-state index contributed by atoms with van der Waals surface area (Å²) in [5.41, 5.74) is 6.46. The summed E-state index contributed by atoms with van der Waals surface area (Å²) in [5.74, 6) is -2.98. The number of ether oxygens (including phenoxy) is 1. The number of hydrogen-bond donors (Lipinski definition) is 4. The molecule has 0 bridgehead atoms. The monoisotopic (exact) mass is 393 g/mol. The number of rotatable bonds is 11. The van der Waals surface area contributed by atoms with Gasteiger partial charge in [-0.2, -0.15) is 0 Å². The van der Waals surface area contributed by atoms with Crippen molar-refractivity contribution in [1.82, 2.24) is 10.6 Å². The zero-order valence-corrected chi connectivity index (χ0v) is 15.8. The van der Waals surface area contributed by atoms with Gasteiger partial charge in [-0.25, -0.2) is 4.79 Å². The van der Waals surface area contributed by atoms with Crippen LogP contribution in [-0.4, -0.2) is 41.1 Å². The van der Waals surface area contributed by atoms with Crippen molar-refractivity contribution >= 4 is 23.9 Å². The minimum absolute atomic E-state index is 0.0463. The largest absolute Gasteiger partial charge is 0.481 e. The molecule has 0 radical (unpaired) electrons. The number of hydrogen-bond acceptors (Lipinski definition) is 6. The lowest BCUT2D eigenvalue weighted by Gasteiger charge is -2.18. The predicted molar refractivity (Wildman–Crippen MR) is 101 cm³/mol. The smallest absolute Gasteiger partial charge is 0.408 e. The van der Waals surface area contributed by atoms with E-state index in [1.807, 2.05) is 6.92 Å². The van der Waals surface area contributed by atoms with E-state index in [-0.39, 0.29) is 6.61 Å². The Hall–Kier alpha value is -2.94. The first-order valence-corrected chi connectivity index (χ1v) is 9.12. The van der Waals surface area contributed by atoms with Gasteiger partial charge < -0.3 is 20.9 Å². The first-order chi connectivity index (χ1) is 13.3. The third-order valence-electron chi connectivity index (χ3n) is 3.90. The second kappa shape index (κ2) is 12.4. The van der Waals surface area contributed by atoms with Crippen molar-refractivity contribution in [2.24, 2.45) is 5.73 Å². The van der Waals surface area contributed by atoms with E-state index in [2.05, 4.69) is 10.6 Å². The summed E-state index contributed by atoms with van der Waals surface area (Å²) in [6.45, 7) is 1.96. The summed E-state index contributed by atoms with van der Waals surface area (Å²) in [4.78, 5) is 47.1. The summed E-state index contributed by atoms with van der Waals surface area (Å²) in [5, 5.41) is 13.2. The molecule has 9 heteroatoms. The maximum atomic E-state index is 12.2. The fourth-order valence-electron chi connectivity index (χ4n) is 2.34. The van der Waals surface area contributed by atoms with Gasteiger partial charge in [-0.3, -0.25) is 19.7 Å². The van der Waals surface area contributed by atoms with E-state index in [0.717, 1.165) is 24.8 Å². The van der Waals surface area contributed by atoms with E-state index < -0.39 is 42.4 Å². The number of nitrogens with one attached hydrogen (secondary N) is 2. The van der Waals surface area contributed by atoms with Crippen LogP contribution in [0.4, 0.5) is 4.79 Å². The molecule has 9 nitrogen and oxygen atoms in total. The van der Waals surface area contributed by atoms with Gasteiger partial charge in [0, 0.05) is 0 Å². The van der Waals surface area contributed by atoms with Gasteiger partial charge in [0.15, 0.2) is 0 Å². The first-order valence-electron chi connectivity index (χ1n) is 9.12. The van der Waals surface area contributed by atoms with Gasteiger partial charge in [-0.05, 0) is 12.0 Å². The Labute approximate surface area is 163 Å². The summed E-state index contributed by atoms with van der Waals surface area (Å²) >= 11 is 0. The Bertz CT molecular complexity index is 665. The Balaban J connectivity index is 2.57. The second-order valence-corrected chi connectivity index (χ2v) is 6.31. The first kappa shape index (κ1) is 23.1. The Morgan fingerprint density at radius 3 is 2.39 bits per heavy atom. The Morgan fingerprint density at radius 2 is 1.79 bits per heavy atom. The lowest BCUT2D eigenvalue weighted by Crippen LogP contribution is -2.52. The number of aliphatic carboxylic acids is 1. The lowest BCUT2D eigenvalue weighted by molar-refractivity contribution is -0.141. The molecule has 0 saturated heterocycles. The van der Waals surface area contributed by atoms with Crippen molar-refractivity contribution < 1.29 is 29.0 Å². The van der Waals surface area contributed by atoms with Crippen LogP contribution < -0.4 is 16.4 Å². The number of carbonyl (C=O) groups excluding carboxylic acids is 3. The maximum Gasteiger partial charge on any atom is 0.408 e. The van der Waals surface area contributed by atoms with Crippen LogP contribution in [0.15, 0.2) is 30.3 Å². The lowest BCUT2D eigenvalue weighted by atomic mass is 10.1. The van der Waals surface area contributed by atoms with Gasteiger partial charge in [0.2, 0.25) is 11.8 Å². The molecule has 28 heavy (non-hydrogen) atoms. The fourth-order valence-corrected chi connectivity index (χ4v) is 2.34. The minimum Gasteiger partial charge on any atom is -0.481 e. The molecule has 0 fully saturated rings. The Kier molecular flexibility index (Phi) is 10.3. The van der Waals surface area contributed by atoms with Gasteiger partial charge in [0.05, 0.1) is 12.5 Å². The molecule has 0 aliphatic heterocycles. The van der Waals surface area contributed by atoms with Crippen LogP contribution in [0.25, 0.3) is 0 Å². The molecule has 0 heterocycles. The van der Waals surface area contributed by atoms with E-state index in [1.54, 1.807) is 30.3 Å². The third-order valence-corrected chi connectivity index (χ3v) is 3.90. The highest BCUT2D eigenvalue weighted by Crippen LogP contribution is 2.04. The van der Waals surface area contributed by atoms with E-state index in [4.69, 9.17) is 15.6 Å². The van der Waals surface area contributed by atoms with Crippen molar-refractivity contribution in [2.75, 3.05) is 0 Å². The molecule has 5 N–H and O–H groups in total. The zero-order valence-electron chi connectivity index (χ0n) is 15.8. The van der Waals surface area contributed by atoms with Crippen LogP contribution in [0.2, 0.25) is 0 Å². The number of carboxylic acid groups (broad SMARTS) is 1. The van der Waals surface area contributed by atoms with Crippen LogP contribution in [0.1, 0.15) is 44.6 Å². The number of nitrogens with two attached hydrogens (primary N) is 1. The van der Waals surface area contributed by atoms with Crippen LogP contribution in [0, 0.1) is 0 Å². The molecule has 1 aromatic carbocycles. The molecule has 0 spiro atoms. The van der Waals surface area contributed by atoms with Crippen molar-refractivity contribution in [2.45, 2.75) is 57.7 Å². The van der Waals surface area contributed by atoms with Crippen LogP contribution >= 0.6 is 0 Å². The number of unbranched alkanes of at least 4 members (excludes halogenated alkanes) is 2. The molecule has 1 rings (SSSR count). The van der Waals surface area contributed by atoms with Crippen LogP contribution in [0.5, 0.6) is 0 Å². The average Bonchev–Trinajstić information content (AvgIpc) is 2.66. The van der Waals surface area contributed by atoms with Gasteiger partial charge in [0.25, 0.3) is 0 Å². The number of amides is 3. The van der Waals surface area contributed by atoms with Gasteiger partial charge in [-0.1, -0.05) is 56.5 Å². The van der Waals surface area contributed by atoms with E-state index in [0.29, 0.717) is 6.42 Å². The standard InChI is InChI=1S/C19H27N3O6/c1-2-3-5-10-14(20)17(25)22-18(26)15(11-16(23)24)21-19(27)28-12-13-8-6-4-7-9-13/h4,6-9,14-15H,2-3,5,10-12,20H2,1H3,(H,21,27)(H,23,24)(H,22,25,26)/t14?,15-/m0/s1. The number of imide groups is 1. The normalized spacial score (nSPS) is 12.5. The molecule has 1 unspecified atom stereocenters. The molecule has 0 aliphatic carbocycles. The van der Waals surface area contributed by atoms with E-state index >= 15 is 0 Å². The maximum absolute atomic E-state index is 12.2. The van der Waals surface area contributed by atoms with Gasteiger partial charge in [-0.15, -0.1) is 0 Å². The number of alkyl carbamates (subject to hydrolysis) is 1. The zero-order chi connectivity index (χ0) is 20.9. The molecular formula is C19H27N3O6. The van der Waals surface area contributed by atoms with E-state index in [9.17, 15) is 19.2 Å². The van der Waals surface area contributed by atoms with Crippen molar-refractivity contribution in [3.05, 3.63) is 35.9 Å². The molecule has 154 valence electrons. The van der Waals surface area contributed by atoms with Crippen LogP contribution in [-0.2, 0) is 25.7 Å². The van der Waals surface area contributed by atoms with Crippen molar-refractivity contribution in [3.63, 3.8) is 0 Å². The summed E-state index contributed by atoms with van der Waals surface area (Å²) in [7, 11) is 0. The average molecular weight is 393 g/mol. The highest BCUT2D eigenvalue weighted by molar-refractivity contribution is 6.01. The molecule has 1 aromatic rings. The summed E-state index contributed by atoms with van der Waals surface area (Å²) in [6.07, 6.45) is 1.34. The molecule has 0 saturated carbocycles. The fraction of sp³-hybridized carbons (Fsp3) is 0.474. The third kappa shape index (κ3) is 9.13. The second-order valence-electron chi connectivity index (χ2n) is 6.31. The Morgan fingerprint density at radius 1 is 1.11 bits per heavy atom. The SMILES string of the molecule is CCCCCC(N)C(=O)NC(=O)[C@H](CC(=O)O)NC(=O)OCc1ccccc1. The highest BCUT2D eigenvalue weighted by atomic mass is 16.5. The molecule has 2 atom stereocenters. The predicted octanol–water partition coefficient (Wildman–Crippen LogP) is 1.31. The van der Waals surface area contributed by atoms with Gasteiger partial charge >= 0.3 is 12.1 Å².